The lowest BCUT2D eigenvalue weighted by atomic mass is 10.2. The molecule has 3 aromatic rings. The van der Waals surface area contributed by atoms with Crippen LogP contribution in [0.15, 0.2) is 58.3 Å². The zero-order valence-electron chi connectivity index (χ0n) is 17.7. The van der Waals surface area contributed by atoms with Gasteiger partial charge in [-0.25, -0.2) is 13.8 Å². The molecule has 1 aromatic heterocycles. The molecular weight excluding hydrogens is 466 g/mol. The molecule has 172 valence electrons. The quantitative estimate of drug-likeness (QED) is 0.509. The number of hydrogen-bond donors (Lipinski definition) is 1. The van der Waals surface area contributed by atoms with Gasteiger partial charge in [0.15, 0.2) is 4.34 Å². The minimum Gasteiger partial charge on any atom is -0.366 e. The molecule has 2 heterocycles. The molecule has 4 rings (SSSR count). The number of amides is 2. The Morgan fingerprint density at radius 2 is 1.76 bits per heavy atom. The number of para-hydroxylation sites is 1. The monoisotopic (exact) mass is 488 g/mol. The third-order valence-electron chi connectivity index (χ3n) is 5.14. The van der Waals surface area contributed by atoms with Crippen LogP contribution >= 0.6 is 23.1 Å². The highest BCUT2D eigenvalue weighted by Crippen LogP contribution is 2.24. The Morgan fingerprint density at radius 1 is 1.03 bits per heavy atom. The number of nitrogens with one attached hydrogen (secondary N) is 1. The predicted molar refractivity (Wildman–Crippen MR) is 127 cm³/mol. The van der Waals surface area contributed by atoms with Crippen molar-refractivity contribution in [2.45, 2.75) is 10.8 Å². The maximum atomic E-state index is 14.0. The van der Waals surface area contributed by atoms with Crippen LogP contribution in [0.1, 0.15) is 5.69 Å². The molecular formula is C23H22F2N4O2S2. The van der Waals surface area contributed by atoms with E-state index in [4.69, 9.17) is 0 Å². The number of benzene rings is 2. The number of piperazine rings is 1. The van der Waals surface area contributed by atoms with Gasteiger partial charge in [-0.3, -0.25) is 9.59 Å². The van der Waals surface area contributed by atoms with Gasteiger partial charge in [-0.1, -0.05) is 23.9 Å². The molecule has 0 unspecified atom stereocenters. The number of thiazole rings is 1. The van der Waals surface area contributed by atoms with Crippen molar-refractivity contribution in [1.29, 1.82) is 0 Å². The van der Waals surface area contributed by atoms with Crippen LogP contribution in [0.2, 0.25) is 0 Å². The number of anilines is 2. The summed E-state index contributed by atoms with van der Waals surface area (Å²) in [5.74, 6) is -0.683. The molecule has 10 heteroatoms. The highest BCUT2D eigenvalue weighted by Gasteiger charge is 2.23. The highest BCUT2D eigenvalue weighted by molar-refractivity contribution is 8.01. The molecule has 1 fully saturated rings. The van der Waals surface area contributed by atoms with Gasteiger partial charge in [0.1, 0.15) is 11.6 Å². The first-order valence-corrected chi connectivity index (χ1v) is 12.2. The lowest BCUT2D eigenvalue weighted by Gasteiger charge is -2.36. The average molecular weight is 489 g/mol. The van der Waals surface area contributed by atoms with Gasteiger partial charge in [0.2, 0.25) is 11.8 Å². The summed E-state index contributed by atoms with van der Waals surface area (Å²) in [6, 6.07) is 12.2. The van der Waals surface area contributed by atoms with E-state index in [1.165, 1.54) is 53.4 Å². The maximum Gasteiger partial charge on any atom is 0.234 e. The first-order valence-electron chi connectivity index (χ1n) is 10.4. The fourth-order valence-electron chi connectivity index (χ4n) is 3.47. The van der Waals surface area contributed by atoms with Crippen LogP contribution in [0, 0.1) is 11.6 Å². The Kier molecular flexibility index (Phi) is 7.56. The smallest absolute Gasteiger partial charge is 0.234 e. The number of aromatic nitrogens is 1. The van der Waals surface area contributed by atoms with Crippen LogP contribution in [0.25, 0.3) is 0 Å². The Bertz CT molecular complexity index is 1120. The van der Waals surface area contributed by atoms with E-state index in [2.05, 4.69) is 10.3 Å². The van der Waals surface area contributed by atoms with E-state index in [0.717, 1.165) is 0 Å². The van der Waals surface area contributed by atoms with Crippen molar-refractivity contribution in [2.24, 2.45) is 0 Å². The molecule has 0 bridgehead atoms. The van der Waals surface area contributed by atoms with Gasteiger partial charge in [-0.15, -0.1) is 11.3 Å². The van der Waals surface area contributed by atoms with Gasteiger partial charge in [0.25, 0.3) is 0 Å². The van der Waals surface area contributed by atoms with Gasteiger partial charge in [-0.05, 0) is 36.4 Å². The molecule has 2 aromatic carbocycles. The third kappa shape index (κ3) is 6.29. The minimum absolute atomic E-state index is 0.0147. The maximum absolute atomic E-state index is 14.0. The zero-order valence-corrected chi connectivity index (χ0v) is 19.3. The first kappa shape index (κ1) is 23.2. The fraction of sp³-hybridized carbons (Fsp3) is 0.261. The van der Waals surface area contributed by atoms with Crippen molar-refractivity contribution in [2.75, 3.05) is 42.1 Å². The molecule has 1 aliphatic rings. The molecule has 6 nitrogen and oxygen atoms in total. The molecule has 0 saturated carbocycles. The van der Waals surface area contributed by atoms with Crippen molar-refractivity contribution in [3.63, 3.8) is 0 Å². The molecule has 2 amide bonds. The van der Waals surface area contributed by atoms with E-state index in [-0.39, 0.29) is 35.6 Å². The minimum atomic E-state index is -0.362. The van der Waals surface area contributed by atoms with Crippen molar-refractivity contribution >= 4 is 46.3 Å². The largest absolute Gasteiger partial charge is 0.366 e. The van der Waals surface area contributed by atoms with Crippen molar-refractivity contribution < 1.29 is 18.4 Å². The molecule has 0 radical (unpaired) electrons. The second-order valence-electron chi connectivity index (χ2n) is 7.44. The number of thioether (sulfide) groups is 1. The lowest BCUT2D eigenvalue weighted by Crippen LogP contribution is -2.49. The Hall–Kier alpha value is -2.98. The first-order chi connectivity index (χ1) is 16.0. The van der Waals surface area contributed by atoms with Gasteiger partial charge >= 0.3 is 0 Å². The van der Waals surface area contributed by atoms with Crippen molar-refractivity contribution in [3.05, 3.63) is 71.2 Å². The topological polar surface area (TPSA) is 65.5 Å². The normalized spacial score (nSPS) is 13.8. The average Bonchev–Trinajstić information content (AvgIpc) is 3.27. The predicted octanol–water partition coefficient (Wildman–Crippen LogP) is 4.04. The van der Waals surface area contributed by atoms with Crippen LogP contribution in [0.3, 0.4) is 0 Å². The molecule has 33 heavy (non-hydrogen) atoms. The molecule has 1 aliphatic heterocycles. The summed E-state index contributed by atoms with van der Waals surface area (Å²) in [4.78, 5) is 32.9. The van der Waals surface area contributed by atoms with Crippen LogP contribution < -0.4 is 10.2 Å². The van der Waals surface area contributed by atoms with E-state index in [0.29, 0.717) is 47.6 Å². The SMILES string of the molecule is O=C(CSc1nc(CC(=O)N2CCN(c3ccccc3F)CC2)cs1)Nc1ccc(F)cc1. The van der Waals surface area contributed by atoms with E-state index < -0.39 is 0 Å². The van der Waals surface area contributed by atoms with E-state index >= 15 is 0 Å². The van der Waals surface area contributed by atoms with Crippen LogP contribution in [-0.2, 0) is 16.0 Å². The van der Waals surface area contributed by atoms with E-state index in [1.807, 2.05) is 10.3 Å². The Morgan fingerprint density at radius 3 is 2.48 bits per heavy atom. The summed E-state index contributed by atoms with van der Waals surface area (Å²) in [6.45, 7) is 2.22. The van der Waals surface area contributed by atoms with Gasteiger partial charge in [-0.2, -0.15) is 0 Å². The molecule has 0 atom stereocenters. The second-order valence-corrected chi connectivity index (χ2v) is 9.53. The molecule has 0 spiro atoms. The summed E-state index contributed by atoms with van der Waals surface area (Å²) in [7, 11) is 0. The lowest BCUT2D eigenvalue weighted by molar-refractivity contribution is -0.130. The van der Waals surface area contributed by atoms with Crippen LogP contribution in [0.4, 0.5) is 20.2 Å². The van der Waals surface area contributed by atoms with Crippen molar-refractivity contribution in [1.82, 2.24) is 9.88 Å². The van der Waals surface area contributed by atoms with E-state index in [9.17, 15) is 18.4 Å². The van der Waals surface area contributed by atoms with Gasteiger partial charge in [0.05, 0.1) is 23.6 Å². The number of rotatable bonds is 7. The van der Waals surface area contributed by atoms with Crippen LogP contribution in [-0.4, -0.2) is 53.6 Å². The van der Waals surface area contributed by atoms with Crippen LogP contribution in [0.5, 0.6) is 0 Å². The van der Waals surface area contributed by atoms with Gasteiger partial charge < -0.3 is 15.1 Å². The number of halogens is 2. The van der Waals surface area contributed by atoms with Crippen molar-refractivity contribution in [3.8, 4) is 0 Å². The second kappa shape index (κ2) is 10.8. The summed E-state index contributed by atoms with van der Waals surface area (Å²) >= 11 is 2.68. The summed E-state index contributed by atoms with van der Waals surface area (Å²) in [6.07, 6.45) is 0.193. The number of carbonyl (C=O) groups is 2. The van der Waals surface area contributed by atoms with E-state index in [1.54, 1.807) is 23.1 Å². The Balaban J connectivity index is 1.22. The molecule has 1 saturated heterocycles. The molecule has 1 N–H and O–H groups in total. The summed E-state index contributed by atoms with van der Waals surface area (Å²) in [5, 5.41) is 4.53. The van der Waals surface area contributed by atoms with Gasteiger partial charge in [0, 0.05) is 37.2 Å². The standard InChI is InChI=1S/C23H22F2N4O2S2/c24-16-5-7-17(8-6-16)26-21(30)15-33-23-27-18(14-32-23)13-22(31)29-11-9-28(10-12-29)20-4-2-1-3-19(20)25/h1-8,14H,9-13,15H2,(H,26,30). The highest BCUT2D eigenvalue weighted by atomic mass is 32.2. The number of nitrogens with zero attached hydrogens (tertiary/aromatic N) is 3. The zero-order chi connectivity index (χ0) is 23.2. The summed E-state index contributed by atoms with van der Waals surface area (Å²) in [5.41, 5.74) is 1.76. The molecule has 0 aliphatic carbocycles. The summed E-state index contributed by atoms with van der Waals surface area (Å²) < 4.78 is 27.6. The fourth-order valence-corrected chi connectivity index (χ4v) is 5.11. The number of carbonyl (C=O) groups excluding carboxylic acids is 2. The Labute approximate surface area is 198 Å². The third-order valence-corrected chi connectivity index (χ3v) is 7.21. The number of hydrogen-bond acceptors (Lipinski definition) is 6.